The van der Waals surface area contributed by atoms with Gasteiger partial charge in [0.25, 0.3) is 11.8 Å². The molecule has 0 aromatic carbocycles. The van der Waals surface area contributed by atoms with E-state index < -0.39 is 25.0 Å². The first-order valence-electron chi connectivity index (χ1n) is 4.99. The lowest BCUT2D eigenvalue weighted by molar-refractivity contribution is -0.0462. The van der Waals surface area contributed by atoms with Crippen molar-refractivity contribution < 1.29 is 18.7 Å². The fraction of sp³-hybridized carbons (Fsp3) is 0.556. The van der Waals surface area contributed by atoms with Gasteiger partial charge >= 0.3 is 0 Å². The second-order valence-electron chi connectivity index (χ2n) is 3.49. The number of aromatic nitrogens is 2. The number of rotatable bonds is 5. The molecule has 1 aromatic rings. The van der Waals surface area contributed by atoms with Crippen LogP contribution in [0.1, 0.15) is 17.4 Å². The SMILES string of the molecule is CCn1cc(N)c(C(=O)NCC(F)(F)CO)n1. The molecule has 0 aliphatic heterocycles. The van der Waals surface area contributed by atoms with Gasteiger partial charge in [-0.2, -0.15) is 5.10 Å². The number of alkyl halides is 2. The lowest BCUT2D eigenvalue weighted by Crippen LogP contribution is -2.39. The molecule has 1 aromatic heterocycles. The largest absolute Gasteiger partial charge is 0.396 e. The molecule has 0 unspecified atom stereocenters. The predicted octanol–water partition coefficient (Wildman–Crippen LogP) is -0.157. The molecule has 0 radical (unpaired) electrons. The van der Waals surface area contributed by atoms with E-state index in [4.69, 9.17) is 10.8 Å². The Hall–Kier alpha value is -1.70. The number of anilines is 1. The van der Waals surface area contributed by atoms with E-state index in [1.807, 2.05) is 5.32 Å². The number of aryl methyl sites for hydroxylation is 1. The molecular formula is C9H14F2N4O2. The predicted molar refractivity (Wildman–Crippen MR) is 56.7 cm³/mol. The summed E-state index contributed by atoms with van der Waals surface area (Å²) in [6, 6.07) is 0. The minimum absolute atomic E-state index is 0.0967. The Morgan fingerprint density at radius 1 is 1.71 bits per heavy atom. The zero-order valence-corrected chi connectivity index (χ0v) is 9.28. The monoisotopic (exact) mass is 248 g/mol. The first kappa shape index (κ1) is 13.4. The van der Waals surface area contributed by atoms with Gasteiger partial charge < -0.3 is 16.2 Å². The highest BCUT2D eigenvalue weighted by Crippen LogP contribution is 2.12. The molecule has 1 heterocycles. The zero-order chi connectivity index (χ0) is 13.1. The van der Waals surface area contributed by atoms with Crippen LogP contribution < -0.4 is 11.1 Å². The van der Waals surface area contributed by atoms with Gasteiger partial charge in [0.05, 0.1) is 12.2 Å². The second kappa shape index (κ2) is 5.09. The van der Waals surface area contributed by atoms with Crippen LogP contribution in [-0.2, 0) is 6.54 Å². The lowest BCUT2D eigenvalue weighted by Gasteiger charge is -2.13. The molecule has 0 aliphatic rings. The molecule has 0 spiro atoms. The van der Waals surface area contributed by atoms with Crippen molar-refractivity contribution in [1.29, 1.82) is 0 Å². The van der Waals surface area contributed by atoms with Gasteiger partial charge in [0, 0.05) is 12.7 Å². The van der Waals surface area contributed by atoms with Crippen LogP contribution in [0.25, 0.3) is 0 Å². The summed E-state index contributed by atoms with van der Waals surface area (Å²) in [5.74, 6) is -4.14. The smallest absolute Gasteiger partial charge is 0.287 e. The van der Waals surface area contributed by atoms with Gasteiger partial charge in [-0.15, -0.1) is 0 Å². The quantitative estimate of drug-likeness (QED) is 0.675. The van der Waals surface area contributed by atoms with Crippen molar-refractivity contribution in [3.63, 3.8) is 0 Å². The van der Waals surface area contributed by atoms with Crippen molar-refractivity contribution in [2.24, 2.45) is 0 Å². The maximum atomic E-state index is 12.7. The summed E-state index contributed by atoms with van der Waals surface area (Å²) in [6.45, 7) is 0.0330. The average molecular weight is 248 g/mol. The fourth-order valence-electron chi connectivity index (χ4n) is 1.12. The van der Waals surface area contributed by atoms with Crippen molar-refractivity contribution in [1.82, 2.24) is 15.1 Å². The summed E-state index contributed by atoms with van der Waals surface area (Å²) in [4.78, 5) is 11.5. The number of carbonyl (C=O) groups is 1. The Bertz CT molecular complexity index is 406. The van der Waals surface area contributed by atoms with E-state index in [1.54, 1.807) is 6.92 Å². The van der Waals surface area contributed by atoms with Crippen molar-refractivity contribution in [3.05, 3.63) is 11.9 Å². The molecule has 1 rings (SSSR count). The Morgan fingerprint density at radius 3 is 2.82 bits per heavy atom. The molecule has 0 saturated heterocycles. The first-order valence-corrected chi connectivity index (χ1v) is 4.99. The van der Waals surface area contributed by atoms with Crippen LogP contribution in [0.4, 0.5) is 14.5 Å². The topological polar surface area (TPSA) is 93.2 Å². The summed E-state index contributed by atoms with van der Waals surface area (Å²) in [6.07, 6.45) is 1.44. The molecule has 0 fully saturated rings. The van der Waals surface area contributed by atoms with Crippen LogP contribution in [0.15, 0.2) is 6.20 Å². The number of aliphatic hydroxyl groups excluding tert-OH is 1. The summed E-state index contributed by atoms with van der Waals surface area (Å²) in [5, 5.41) is 14.1. The summed E-state index contributed by atoms with van der Waals surface area (Å²) < 4.78 is 26.8. The van der Waals surface area contributed by atoms with Gasteiger partial charge in [-0.3, -0.25) is 9.48 Å². The van der Waals surface area contributed by atoms with Gasteiger partial charge in [0.2, 0.25) is 0 Å². The van der Waals surface area contributed by atoms with Crippen molar-refractivity contribution in [2.75, 3.05) is 18.9 Å². The van der Waals surface area contributed by atoms with Gasteiger partial charge in [-0.05, 0) is 6.92 Å². The van der Waals surface area contributed by atoms with Crippen LogP contribution in [0.5, 0.6) is 0 Å². The summed E-state index contributed by atoms with van der Waals surface area (Å²) in [5.41, 5.74) is 5.53. The molecule has 8 heteroatoms. The number of nitrogens with two attached hydrogens (primary N) is 1. The Labute approximate surface area is 96.4 Å². The number of hydrogen-bond acceptors (Lipinski definition) is 4. The lowest BCUT2D eigenvalue weighted by atomic mass is 10.3. The third kappa shape index (κ3) is 3.38. The van der Waals surface area contributed by atoms with Crippen molar-refractivity contribution in [2.45, 2.75) is 19.4 Å². The number of halogens is 2. The van der Waals surface area contributed by atoms with E-state index in [0.717, 1.165) is 0 Å². The van der Waals surface area contributed by atoms with E-state index in [9.17, 15) is 13.6 Å². The number of nitrogen functional groups attached to an aromatic ring is 1. The number of hydrogen-bond donors (Lipinski definition) is 3. The molecule has 4 N–H and O–H groups in total. The van der Waals surface area contributed by atoms with E-state index in [2.05, 4.69) is 5.10 Å². The van der Waals surface area contributed by atoms with Crippen LogP contribution in [-0.4, -0.2) is 39.9 Å². The van der Waals surface area contributed by atoms with Crippen molar-refractivity contribution in [3.8, 4) is 0 Å². The molecule has 0 saturated carbocycles. The maximum Gasteiger partial charge on any atom is 0.287 e. The average Bonchev–Trinajstić information content (AvgIpc) is 2.68. The third-order valence-electron chi connectivity index (χ3n) is 2.07. The molecule has 0 atom stereocenters. The van der Waals surface area contributed by atoms with Gasteiger partial charge in [-0.25, -0.2) is 8.78 Å². The Kier molecular flexibility index (Phi) is 4.00. The molecule has 0 aliphatic carbocycles. The molecule has 6 nitrogen and oxygen atoms in total. The molecular weight excluding hydrogens is 234 g/mol. The highest BCUT2D eigenvalue weighted by Gasteiger charge is 2.29. The number of nitrogens with one attached hydrogen (secondary N) is 1. The highest BCUT2D eigenvalue weighted by atomic mass is 19.3. The van der Waals surface area contributed by atoms with Gasteiger partial charge in [0.1, 0.15) is 6.61 Å². The normalized spacial score (nSPS) is 11.5. The Balaban J connectivity index is 2.67. The molecule has 17 heavy (non-hydrogen) atoms. The van der Waals surface area contributed by atoms with Crippen LogP contribution >= 0.6 is 0 Å². The molecule has 1 amide bonds. The number of amides is 1. The zero-order valence-electron chi connectivity index (χ0n) is 9.28. The van der Waals surface area contributed by atoms with Crippen LogP contribution in [0.2, 0.25) is 0 Å². The summed E-state index contributed by atoms with van der Waals surface area (Å²) >= 11 is 0. The fourth-order valence-corrected chi connectivity index (χ4v) is 1.12. The second-order valence-corrected chi connectivity index (χ2v) is 3.49. The third-order valence-corrected chi connectivity index (χ3v) is 2.07. The highest BCUT2D eigenvalue weighted by molar-refractivity contribution is 5.97. The number of nitrogens with zero attached hydrogens (tertiary/aromatic N) is 2. The van der Waals surface area contributed by atoms with Crippen LogP contribution in [0.3, 0.4) is 0 Å². The first-order chi connectivity index (χ1) is 7.89. The minimum Gasteiger partial charge on any atom is -0.396 e. The van der Waals surface area contributed by atoms with Crippen LogP contribution in [0, 0.1) is 0 Å². The van der Waals surface area contributed by atoms with E-state index in [-0.39, 0.29) is 11.4 Å². The Morgan fingerprint density at radius 2 is 2.35 bits per heavy atom. The molecule has 96 valence electrons. The van der Waals surface area contributed by atoms with Gasteiger partial charge in [-0.1, -0.05) is 0 Å². The molecule has 0 bridgehead atoms. The number of aliphatic hydroxyl groups is 1. The minimum atomic E-state index is -3.35. The standard InChI is InChI=1S/C9H14F2N4O2/c1-2-15-3-6(12)7(14-15)8(17)13-4-9(10,11)5-16/h3,16H,2,4-5,12H2,1H3,(H,13,17). The van der Waals surface area contributed by atoms with E-state index in [0.29, 0.717) is 6.54 Å². The van der Waals surface area contributed by atoms with E-state index >= 15 is 0 Å². The van der Waals surface area contributed by atoms with Gasteiger partial charge in [0.15, 0.2) is 5.69 Å². The van der Waals surface area contributed by atoms with E-state index in [1.165, 1.54) is 10.9 Å². The van der Waals surface area contributed by atoms with Crippen molar-refractivity contribution >= 4 is 11.6 Å². The maximum absolute atomic E-state index is 12.7. The number of carbonyl (C=O) groups excluding carboxylic acids is 1. The summed E-state index contributed by atoms with van der Waals surface area (Å²) in [7, 11) is 0.